The predicted octanol–water partition coefficient (Wildman–Crippen LogP) is 8.38. The van der Waals surface area contributed by atoms with Gasteiger partial charge in [0.1, 0.15) is 0 Å². The number of nitrogens with zero attached hydrogens (tertiary/aromatic N) is 1. The standard InChI is InChI=1S/C31H37Cl2NO3SSi/c1-31(2,3)39(5,6)37-21-22-8-7-9-25(18-22)30(38(4,35)36)26-19-34(20-26)29(23-10-14-27(32)15-11-23)24-12-16-28(33)17-13-24/h7-18,29H,19-21H2,1-6H3. The second kappa shape index (κ2) is 11.5. The van der Waals surface area contributed by atoms with Crippen LogP contribution in [0, 0.1) is 0 Å². The smallest absolute Gasteiger partial charge is 0.192 e. The van der Waals surface area contributed by atoms with Crippen molar-refractivity contribution < 1.29 is 12.8 Å². The summed E-state index contributed by atoms with van der Waals surface area (Å²) in [4.78, 5) is 2.69. The van der Waals surface area contributed by atoms with Crippen molar-refractivity contribution in [1.29, 1.82) is 0 Å². The van der Waals surface area contributed by atoms with Crippen molar-refractivity contribution >= 4 is 46.3 Å². The van der Waals surface area contributed by atoms with Gasteiger partial charge >= 0.3 is 0 Å². The molecule has 1 aliphatic heterocycles. The molecule has 0 unspecified atom stereocenters. The fourth-order valence-electron chi connectivity index (χ4n) is 4.64. The van der Waals surface area contributed by atoms with Gasteiger partial charge in [-0.05, 0) is 76.3 Å². The summed E-state index contributed by atoms with van der Waals surface area (Å²) >= 11 is 12.3. The summed E-state index contributed by atoms with van der Waals surface area (Å²) < 4.78 is 32.6. The summed E-state index contributed by atoms with van der Waals surface area (Å²) in [6, 6.07) is 23.4. The molecular weight excluding hydrogens is 565 g/mol. The highest BCUT2D eigenvalue weighted by atomic mass is 35.5. The van der Waals surface area contributed by atoms with E-state index in [4.69, 9.17) is 27.6 Å². The Morgan fingerprint density at radius 2 is 1.44 bits per heavy atom. The van der Waals surface area contributed by atoms with Gasteiger partial charge in [-0.25, -0.2) is 8.42 Å². The number of likely N-dealkylation sites (tertiary alicyclic amines) is 1. The maximum absolute atomic E-state index is 13.1. The van der Waals surface area contributed by atoms with Gasteiger partial charge in [0.05, 0.1) is 17.6 Å². The quantitative estimate of drug-likeness (QED) is 0.243. The van der Waals surface area contributed by atoms with E-state index in [-0.39, 0.29) is 11.1 Å². The highest BCUT2D eigenvalue weighted by Gasteiger charge is 2.37. The third-order valence-corrected chi connectivity index (χ3v) is 14.1. The number of hydrogen-bond acceptors (Lipinski definition) is 4. The monoisotopic (exact) mass is 601 g/mol. The number of sulfone groups is 1. The second-order valence-corrected chi connectivity index (χ2v) is 19.5. The lowest BCUT2D eigenvalue weighted by Crippen LogP contribution is -2.44. The topological polar surface area (TPSA) is 46.6 Å². The van der Waals surface area contributed by atoms with E-state index in [1.807, 2.05) is 72.8 Å². The fourth-order valence-corrected chi connectivity index (χ4v) is 7.06. The third-order valence-electron chi connectivity index (χ3n) is 7.81. The number of benzene rings is 3. The molecular formula is C31H37Cl2NO3SSi. The lowest BCUT2D eigenvalue weighted by Gasteiger charge is -2.42. The molecule has 0 aromatic heterocycles. The molecule has 0 saturated carbocycles. The van der Waals surface area contributed by atoms with Crippen LogP contribution in [0.4, 0.5) is 0 Å². The molecule has 3 aromatic carbocycles. The Kier molecular flexibility index (Phi) is 8.87. The van der Waals surface area contributed by atoms with Crippen molar-refractivity contribution in [2.75, 3.05) is 19.3 Å². The third kappa shape index (κ3) is 7.05. The van der Waals surface area contributed by atoms with Gasteiger partial charge in [-0.1, -0.05) is 86.4 Å². The molecule has 0 amide bonds. The summed E-state index contributed by atoms with van der Waals surface area (Å²) in [6.45, 7) is 12.6. The van der Waals surface area contributed by atoms with E-state index in [9.17, 15) is 8.42 Å². The van der Waals surface area contributed by atoms with E-state index in [1.165, 1.54) is 6.26 Å². The van der Waals surface area contributed by atoms with Gasteiger partial charge in [0.2, 0.25) is 0 Å². The minimum Gasteiger partial charge on any atom is -0.413 e. The van der Waals surface area contributed by atoms with E-state index >= 15 is 0 Å². The first-order chi connectivity index (χ1) is 18.2. The predicted molar refractivity (Wildman–Crippen MR) is 167 cm³/mol. The fraction of sp³-hybridized carbons (Fsp3) is 0.355. The molecule has 0 spiro atoms. The van der Waals surface area contributed by atoms with Gasteiger partial charge in [0.25, 0.3) is 0 Å². The molecule has 1 fully saturated rings. The summed E-state index contributed by atoms with van der Waals surface area (Å²) in [6.07, 6.45) is 1.30. The van der Waals surface area contributed by atoms with Crippen molar-refractivity contribution in [3.05, 3.63) is 111 Å². The summed E-state index contributed by atoms with van der Waals surface area (Å²) in [5.41, 5.74) is 4.79. The van der Waals surface area contributed by atoms with E-state index in [0.29, 0.717) is 34.6 Å². The Morgan fingerprint density at radius 3 is 1.90 bits per heavy atom. The highest BCUT2D eigenvalue weighted by molar-refractivity contribution is 8.00. The summed E-state index contributed by atoms with van der Waals surface area (Å²) in [7, 11) is -5.40. The molecule has 4 nitrogen and oxygen atoms in total. The molecule has 8 heteroatoms. The van der Waals surface area contributed by atoms with Crippen molar-refractivity contribution in [2.24, 2.45) is 0 Å². The van der Waals surface area contributed by atoms with Gasteiger partial charge in [-0.2, -0.15) is 0 Å². The first-order valence-corrected chi connectivity index (χ1v) is 18.6. The highest BCUT2D eigenvalue weighted by Crippen LogP contribution is 2.40. The molecule has 3 aromatic rings. The van der Waals surface area contributed by atoms with E-state index in [2.05, 4.69) is 38.8 Å². The number of halogens is 2. The van der Waals surface area contributed by atoms with E-state index < -0.39 is 18.2 Å². The molecule has 1 saturated heterocycles. The van der Waals surface area contributed by atoms with Crippen LogP contribution in [0.5, 0.6) is 0 Å². The van der Waals surface area contributed by atoms with Crippen LogP contribution >= 0.6 is 23.2 Å². The first-order valence-electron chi connectivity index (χ1n) is 13.1. The Hall–Kier alpha value is -1.93. The van der Waals surface area contributed by atoms with Crippen LogP contribution in [0.3, 0.4) is 0 Å². The number of hydrogen-bond donors (Lipinski definition) is 0. The van der Waals surface area contributed by atoms with Crippen molar-refractivity contribution in [3.63, 3.8) is 0 Å². The molecule has 1 heterocycles. The number of rotatable bonds is 8. The van der Waals surface area contributed by atoms with E-state index in [0.717, 1.165) is 27.8 Å². The SMILES string of the molecule is CC(C)(C)[Si](C)(C)OCc1cccc(C(=C2CN(C(c3ccc(Cl)cc3)c3ccc(Cl)cc3)C2)S(C)(=O)=O)c1. The average molecular weight is 603 g/mol. The molecule has 4 rings (SSSR count). The van der Waals surface area contributed by atoms with Gasteiger partial charge in [0, 0.05) is 29.4 Å². The minimum absolute atomic E-state index is 0.0478. The largest absolute Gasteiger partial charge is 0.413 e. The first kappa shape index (κ1) is 30.0. The van der Waals surface area contributed by atoms with Gasteiger partial charge in [0.15, 0.2) is 18.2 Å². The van der Waals surface area contributed by atoms with Crippen LogP contribution in [-0.4, -0.2) is 41.0 Å². The molecule has 39 heavy (non-hydrogen) atoms. The molecule has 0 aliphatic carbocycles. The van der Waals surface area contributed by atoms with Crippen LogP contribution in [0.25, 0.3) is 4.91 Å². The van der Waals surface area contributed by atoms with Crippen LogP contribution in [0.1, 0.15) is 49.1 Å². The van der Waals surface area contributed by atoms with Crippen LogP contribution in [0.15, 0.2) is 78.4 Å². The van der Waals surface area contributed by atoms with Gasteiger partial charge < -0.3 is 4.43 Å². The zero-order chi connectivity index (χ0) is 28.6. The van der Waals surface area contributed by atoms with Crippen LogP contribution in [-0.2, 0) is 20.9 Å². The molecule has 1 aliphatic rings. The average Bonchev–Trinajstić information content (AvgIpc) is 2.82. The van der Waals surface area contributed by atoms with E-state index in [1.54, 1.807) is 0 Å². The van der Waals surface area contributed by atoms with Crippen LogP contribution in [0.2, 0.25) is 28.2 Å². The lowest BCUT2D eigenvalue weighted by molar-refractivity contribution is 0.203. The zero-order valence-electron chi connectivity index (χ0n) is 23.5. The maximum Gasteiger partial charge on any atom is 0.192 e. The van der Waals surface area contributed by atoms with Gasteiger partial charge in [-0.15, -0.1) is 0 Å². The zero-order valence-corrected chi connectivity index (χ0v) is 26.8. The van der Waals surface area contributed by atoms with Crippen LogP contribution < -0.4 is 0 Å². The van der Waals surface area contributed by atoms with Crippen molar-refractivity contribution in [1.82, 2.24) is 4.90 Å². The Morgan fingerprint density at radius 1 is 0.923 bits per heavy atom. The minimum atomic E-state index is -3.47. The van der Waals surface area contributed by atoms with Gasteiger partial charge in [-0.3, -0.25) is 4.90 Å². The molecule has 0 N–H and O–H groups in total. The van der Waals surface area contributed by atoms with Crippen molar-refractivity contribution in [2.45, 2.75) is 51.6 Å². The summed E-state index contributed by atoms with van der Waals surface area (Å²) in [5, 5.41) is 1.45. The molecule has 0 atom stereocenters. The summed E-state index contributed by atoms with van der Waals surface area (Å²) in [5.74, 6) is 0. The lowest BCUT2D eigenvalue weighted by atomic mass is 9.92. The second-order valence-electron chi connectivity index (χ2n) is 11.9. The molecule has 0 radical (unpaired) electrons. The maximum atomic E-state index is 13.1. The Balaban J connectivity index is 1.64. The molecule has 208 valence electrons. The normalized spacial score (nSPS) is 14.9. The van der Waals surface area contributed by atoms with Crippen molar-refractivity contribution in [3.8, 4) is 0 Å². The Bertz CT molecular complexity index is 1410. The molecule has 0 bridgehead atoms. The Labute approximate surface area is 244 Å².